The van der Waals surface area contributed by atoms with Gasteiger partial charge in [0.05, 0.1) is 6.54 Å². The molecule has 0 fully saturated rings. The molecule has 0 spiro atoms. The average molecular weight is 220 g/mol. The molecule has 0 aliphatic carbocycles. The van der Waals surface area contributed by atoms with Crippen LogP contribution in [0.5, 0.6) is 0 Å². The van der Waals surface area contributed by atoms with Gasteiger partial charge in [0.2, 0.25) is 0 Å². The van der Waals surface area contributed by atoms with Crippen LogP contribution < -0.4 is 5.73 Å². The predicted molar refractivity (Wildman–Crippen MR) is 65.2 cm³/mol. The Morgan fingerprint density at radius 2 is 2.33 bits per heavy atom. The van der Waals surface area contributed by atoms with E-state index in [-0.39, 0.29) is 6.04 Å². The van der Waals surface area contributed by atoms with Gasteiger partial charge >= 0.3 is 0 Å². The van der Waals surface area contributed by atoms with E-state index in [1.54, 1.807) is 11.3 Å². The van der Waals surface area contributed by atoms with E-state index in [0.29, 0.717) is 0 Å². The molecule has 0 amide bonds. The molecule has 3 heteroatoms. The van der Waals surface area contributed by atoms with E-state index in [1.807, 2.05) is 6.92 Å². The highest BCUT2D eigenvalue weighted by atomic mass is 32.1. The second-order valence-corrected chi connectivity index (χ2v) is 4.99. The lowest BCUT2D eigenvalue weighted by Gasteiger charge is -2.02. The molecule has 2 heterocycles. The summed E-state index contributed by atoms with van der Waals surface area (Å²) in [6.07, 6.45) is 5.26. The number of nitrogens with zero attached hydrogens (tertiary/aromatic N) is 1. The number of hydrogen-bond acceptors (Lipinski definition) is 2. The van der Waals surface area contributed by atoms with Crippen molar-refractivity contribution in [2.45, 2.75) is 25.9 Å². The SMILES string of the molecule is CC(N)Cc1ccn(Cc2cccs2)c1. The van der Waals surface area contributed by atoms with Gasteiger partial charge in [0.25, 0.3) is 0 Å². The Hall–Kier alpha value is -1.06. The van der Waals surface area contributed by atoms with Crippen molar-refractivity contribution in [3.63, 3.8) is 0 Å². The summed E-state index contributed by atoms with van der Waals surface area (Å²) in [6, 6.07) is 6.64. The summed E-state index contributed by atoms with van der Waals surface area (Å²) in [5.41, 5.74) is 7.08. The van der Waals surface area contributed by atoms with Gasteiger partial charge in [-0.2, -0.15) is 0 Å². The highest BCUT2D eigenvalue weighted by Gasteiger charge is 2.01. The van der Waals surface area contributed by atoms with Gasteiger partial charge in [-0.3, -0.25) is 0 Å². The molecular formula is C12H16N2S. The van der Waals surface area contributed by atoms with Crippen molar-refractivity contribution in [3.8, 4) is 0 Å². The lowest BCUT2D eigenvalue weighted by molar-refractivity contribution is 0.732. The topological polar surface area (TPSA) is 30.9 Å². The molecule has 0 saturated carbocycles. The van der Waals surface area contributed by atoms with Crippen LogP contribution in [0.2, 0.25) is 0 Å². The molecule has 0 aliphatic heterocycles. The van der Waals surface area contributed by atoms with Crippen molar-refractivity contribution in [3.05, 3.63) is 46.4 Å². The second-order valence-electron chi connectivity index (χ2n) is 3.95. The summed E-state index contributed by atoms with van der Waals surface area (Å²) < 4.78 is 2.21. The van der Waals surface area contributed by atoms with Crippen molar-refractivity contribution < 1.29 is 0 Å². The lowest BCUT2D eigenvalue weighted by Crippen LogP contribution is -2.17. The van der Waals surface area contributed by atoms with Crippen LogP contribution in [-0.2, 0) is 13.0 Å². The monoisotopic (exact) mass is 220 g/mol. The van der Waals surface area contributed by atoms with Crippen molar-refractivity contribution >= 4 is 11.3 Å². The Kier molecular flexibility index (Phi) is 3.23. The first-order chi connectivity index (χ1) is 7.24. The number of rotatable bonds is 4. The minimum Gasteiger partial charge on any atom is -0.349 e. The van der Waals surface area contributed by atoms with Crippen LogP contribution in [0.15, 0.2) is 36.0 Å². The molecule has 15 heavy (non-hydrogen) atoms. The number of aromatic nitrogens is 1. The Morgan fingerprint density at radius 3 is 3.00 bits per heavy atom. The average Bonchev–Trinajstić information content (AvgIpc) is 2.77. The zero-order valence-corrected chi connectivity index (χ0v) is 9.70. The predicted octanol–water partition coefficient (Wildman–Crippen LogP) is 2.49. The standard InChI is InChI=1S/C12H16N2S/c1-10(13)7-11-4-5-14(8-11)9-12-3-2-6-15-12/h2-6,8,10H,7,9,13H2,1H3. The number of nitrogens with two attached hydrogens (primary N) is 1. The summed E-state index contributed by atoms with van der Waals surface area (Å²) in [6.45, 7) is 3.01. The molecule has 1 unspecified atom stereocenters. The lowest BCUT2D eigenvalue weighted by atomic mass is 10.1. The van der Waals surface area contributed by atoms with Crippen LogP contribution in [0.25, 0.3) is 0 Å². The van der Waals surface area contributed by atoms with E-state index < -0.39 is 0 Å². The summed E-state index contributed by atoms with van der Waals surface area (Å²) in [5.74, 6) is 0. The Morgan fingerprint density at radius 1 is 1.47 bits per heavy atom. The molecule has 1 atom stereocenters. The largest absolute Gasteiger partial charge is 0.349 e. The third kappa shape index (κ3) is 2.94. The van der Waals surface area contributed by atoms with Crippen LogP contribution >= 0.6 is 11.3 Å². The Labute approximate surface area is 94.3 Å². The summed E-state index contributed by atoms with van der Waals surface area (Å²) >= 11 is 1.80. The van der Waals surface area contributed by atoms with E-state index in [9.17, 15) is 0 Å². The van der Waals surface area contributed by atoms with E-state index in [4.69, 9.17) is 5.73 Å². The normalized spacial score (nSPS) is 12.9. The molecule has 2 nitrogen and oxygen atoms in total. The first-order valence-corrected chi connectivity index (χ1v) is 6.04. The molecule has 2 rings (SSSR count). The molecule has 0 radical (unpaired) electrons. The van der Waals surface area contributed by atoms with Gasteiger partial charge in [0.15, 0.2) is 0 Å². The van der Waals surface area contributed by atoms with Gasteiger partial charge in [-0.25, -0.2) is 0 Å². The maximum atomic E-state index is 5.76. The van der Waals surface area contributed by atoms with Gasteiger partial charge in [0.1, 0.15) is 0 Å². The quantitative estimate of drug-likeness (QED) is 0.843. The fraction of sp³-hybridized carbons (Fsp3) is 0.333. The first kappa shape index (κ1) is 10.5. The molecule has 80 valence electrons. The number of hydrogen-bond donors (Lipinski definition) is 1. The maximum absolute atomic E-state index is 5.76. The first-order valence-electron chi connectivity index (χ1n) is 5.16. The van der Waals surface area contributed by atoms with Crippen molar-refractivity contribution in [2.75, 3.05) is 0 Å². The Balaban J connectivity index is 2.01. The van der Waals surface area contributed by atoms with E-state index in [0.717, 1.165) is 13.0 Å². The van der Waals surface area contributed by atoms with Gasteiger partial charge in [0, 0.05) is 23.3 Å². The summed E-state index contributed by atoms with van der Waals surface area (Å²) in [4.78, 5) is 1.39. The highest BCUT2D eigenvalue weighted by Crippen LogP contribution is 2.12. The van der Waals surface area contributed by atoms with E-state index in [1.165, 1.54) is 10.4 Å². The van der Waals surface area contributed by atoms with Crippen molar-refractivity contribution in [1.29, 1.82) is 0 Å². The maximum Gasteiger partial charge on any atom is 0.0563 e. The fourth-order valence-corrected chi connectivity index (χ4v) is 2.38. The minimum atomic E-state index is 0.239. The molecule has 2 N–H and O–H groups in total. The van der Waals surface area contributed by atoms with Crippen LogP contribution in [0.4, 0.5) is 0 Å². The zero-order valence-electron chi connectivity index (χ0n) is 8.89. The molecule has 2 aromatic rings. The van der Waals surface area contributed by atoms with Gasteiger partial charge in [-0.05, 0) is 36.4 Å². The van der Waals surface area contributed by atoms with Gasteiger partial charge in [-0.1, -0.05) is 6.07 Å². The Bertz CT molecular complexity index is 401. The molecule has 0 aromatic carbocycles. The van der Waals surface area contributed by atoms with Crippen LogP contribution in [0, 0.1) is 0 Å². The molecular weight excluding hydrogens is 204 g/mol. The molecule has 0 saturated heterocycles. The van der Waals surface area contributed by atoms with Crippen LogP contribution in [0.1, 0.15) is 17.4 Å². The van der Waals surface area contributed by atoms with E-state index in [2.05, 4.69) is 40.5 Å². The van der Waals surface area contributed by atoms with Gasteiger partial charge < -0.3 is 10.3 Å². The molecule has 0 aliphatic rings. The van der Waals surface area contributed by atoms with Crippen LogP contribution in [-0.4, -0.2) is 10.6 Å². The summed E-state index contributed by atoms with van der Waals surface area (Å²) in [5, 5.41) is 2.11. The number of thiophene rings is 1. The van der Waals surface area contributed by atoms with Gasteiger partial charge in [-0.15, -0.1) is 11.3 Å². The highest BCUT2D eigenvalue weighted by molar-refractivity contribution is 7.09. The van der Waals surface area contributed by atoms with Crippen LogP contribution in [0.3, 0.4) is 0 Å². The smallest absolute Gasteiger partial charge is 0.0563 e. The summed E-state index contributed by atoms with van der Waals surface area (Å²) in [7, 11) is 0. The zero-order chi connectivity index (χ0) is 10.7. The third-order valence-electron chi connectivity index (χ3n) is 2.29. The minimum absolute atomic E-state index is 0.239. The van der Waals surface area contributed by atoms with E-state index >= 15 is 0 Å². The molecule has 0 bridgehead atoms. The third-order valence-corrected chi connectivity index (χ3v) is 3.15. The fourth-order valence-electron chi connectivity index (χ4n) is 1.66. The van der Waals surface area contributed by atoms with Crippen molar-refractivity contribution in [1.82, 2.24) is 4.57 Å². The van der Waals surface area contributed by atoms with Crippen molar-refractivity contribution in [2.24, 2.45) is 5.73 Å². The molecule has 2 aromatic heterocycles. The second kappa shape index (κ2) is 4.64.